The van der Waals surface area contributed by atoms with Crippen LogP contribution in [-0.4, -0.2) is 37.3 Å². The van der Waals surface area contributed by atoms with Gasteiger partial charge in [-0.15, -0.1) is 0 Å². The van der Waals surface area contributed by atoms with E-state index in [4.69, 9.17) is 14.2 Å². The van der Waals surface area contributed by atoms with Gasteiger partial charge in [0.25, 0.3) is 5.56 Å². The fraction of sp³-hybridized carbons (Fsp3) is 0.276. The number of ether oxygens (including phenoxy) is 3. The van der Waals surface area contributed by atoms with Gasteiger partial charge in [-0.1, -0.05) is 18.2 Å². The summed E-state index contributed by atoms with van der Waals surface area (Å²) in [6.07, 6.45) is 0.851. The van der Waals surface area contributed by atoms with E-state index in [0.717, 1.165) is 29.7 Å². The Morgan fingerprint density at radius 1 is 0.833 bits per heavy atom. The molecule has 0 saturated carbocycles. The van der Waals surface area contributed by atoms with Crippen LogP contribution in [0.2, 0.25) is 0 Å². The SMILES string of the molecule is COc1ccc2cc(CN3CCc4cc(OC)c(OC)cc4C3)c(=O)n(Cc3ccccc3F)c2c1. The number of aromatic nitrogens is 1. The van der Waals surface area contributed by atoms with Gasteiger partial charge in [-0.05, 0) is 59.3 Å². The summed E-state index contributed by atoms with van der Waals surface area (Å²) in [4.78, 5) is 16.0. The molecule has 2 heterocycles. The van der Waals surface area contributed by atoms with Gasteiger partial charge in [-0.3, -0.25) is 9.69 Å². The van der Waals surface area contributed by atoms with E-state index in [1.807, 2.05) is 36.4 Å². The average Bonchev–Trinajstić information content (AvgIpc) is 2.90. The van der Waals surface area contributed by atoms with E-state index >= 15 is 0 Å². The summed E-state index contributed by atoms with van der Waals surface area (Å²) in [6, 6.07) is 18.2. The first-order valence-corrected chi connectivity index (χ1v) is 11.9. The second-order valence-electron chi connectivity index (χ2n) is 9.01. The van der Waals surface area contributed by atoms with Crippen molar-refractivity contribution in [3.8, 4) is 17.2 Å². The van der Waals surface area contributed by atoms with Crippen LogP contribution in [0.15, 0.2) is 65.5 Å². The minimum absolute atomic E-state index is 0.128. The Balaban J connectivity index is 1.52. The van der Waals surface area contributed by atoms with Gasteiger partial charge in [0.2, 0.25) is 0 Å². The number of rotatable bonds is 7. The molecule has 0 amide bonds. The molecular weight excluding hydrogens is 459 g/mol. The molecule has 1 aliphatic heterocycles. The number of methoxy groups -OCH3 is 3. The van der Waals surface area contributed by atoms with Crippen molar-refractivity contribution >= 4 is 10.9 Å². The van der Waals surface area contributed by atoms with Gasteiger partial charge in [0, 0.05) is 36.8 Å². The smallest absolute Gasteiger partial charge is 0.255 e. The van der Waals surface area contributed by atoms with E-state index in [9.17, 15) is 9.18 Å². The summed E-state index contributed by atoms with van der Waals surface area (Å²) in [5.74, 6) is 1.74. The molecule has 0 atom stereocenters. The summed E-state index contributed by atoms with van der Waals surface area (Å²) in [7, 11) is 4.86. The average molecular weight is 489 g/mol. The lowest BCUT2D eigenvalue weighted by molar-refractivity contribution is 0.243. The van der Waals surface area contributed by atoms with Crippen molar-refractivity contribution in [1.82, 2.24) is 9.47 Å². The molecule has 186 valence electrons. The van der Waals surface area contributed by atoms with E-state index in [1.165, 1.54) is 11.6 Å². The molecule has 0 unspecified atom stereocenters. The first-order valence-electron chi connectivity index (χ1n) is 11.9. The monoisotopic (exact) mass is 488 g/mol. The highest BCUT2D eigenvalue weighted by Gasteiger charge is 2.21. The highest BCUT2D eigenvalue weighted by Crippen LogP contribution is 2.33. The van der Waals surface area contributed by atoms with E-state index < -0.39 is 0 Å². The topological polar surface area (TPSA) is 52.9 Å². The molecule has 0 saturated heterocycles. The molecule has 0 fully saturated rings. The zero-order valence-electron chi connectivity index (χ0n) is 20.7. The third-order valence-corrected chi connectivity index (χ3v) is 6.86. The third-order valence-electron chi connectivity index (χ3n) is 6.86. The highest BCUT2D eigenvalue weighted by molar-refractivity contribution is 5.81. The van der Waals surface area contributed by atoms with Crippen molar-refractivity contribution in [1.29, 1.82) is 0 Å². The Labute approximate surface area is 209 Å². The van der Waals surface area contributed by atoms with Gasteiger partial charge in [-0.2, -0.15) is 0 Å². The molecule has 6 nitrogen and oxygen atoms in total. The minimum atomic E-state index is -0.331. The van der Waals surface area contributed by atoms with Crippen molar-refractivity contribution in [2.45, 2.75) is 26.1 Å². The Bertz CT molecular complexity index is 1480. The Morgan fingerprint density at radius 3 is 2.31 bits per heavy atom. The van der Waals surface area contributed by atoms with Crippen LogP contribution in [-0.2, 0) is 26.1 Å². The van der Waals surface area contributed by atoms with Gasteiger partial charge in [-0.25, -0.2) is 4.39 Å². The van der Waals surface area contributed by atoms with E-state index in [0.29, 0.717) is 41.2 Å². The minimum Gasteiger partial charge on any atom is -0.497 e. The van der Waals surface area contributed by atoms with Crippen LogP contribution in [0.5, 0.6) is 17.2 Å². The predicted octanol–water partition coefficient (Wildman–Crippen LogP) is 4.77. The van der Waals surface area contributed by atoms with Crippen LogP contribution in [0.1, 0.15) is 22.3 Å². The van der Waals surface area contributed by atoms with Crippen LogP contribution in [0, 0.1) is 5.82 Å². The number of pyridine rings is 1. The first kappa shape index (κ1) is 23.9. The van der Waals surface area contributed by atoms with Gasteiger partial charge < -0.3 is 18.8 Å². The maximum absolute atomic E-state index is 14.5. The largest absolute Gasteiger partial charge is 0.497 e. The van der Waals surface area contributed by atoms with Gasteiger partial charge in [0.1, 0.15) is 11.6 Å². The fourth-order valence-corrected chi connectivity index (χ4v) is 4.92. The maximum atomic E-state index is 14.5. The molecule has 7 heteroatoms. The summed E-state index contributed by atoms with van der Waals surface area (Å²) in [5, 5.41) is 0.908. The maximum Gasteiger partial charge on any atom is 0.255 e. The van der Waals surface area contributed by atoms with Crippen molar-refractivity contribution in [2.24, 2.45) is 0 Å². The first-order chi connectivity index (χ1) is 17.5. The molecule has 1 aliphatic rings. The molecule has 4 aromatic rings. The molecule has 5 rings (SSSR count). The third kappa shape index (κ3) is 4.54. The molecule has 0 aliphatic carbocycles. The zero-order chi connectivity index (χ0) is 25.2. The number of nitrogens with zero attached hydrogens (tertiary/aromatic N) is 2. The number of hydrogen-bond acceptors (Lipinski definition) is 5. The molecule has 1 aromatic heterocycles. The summed E-state index contributed by atoms with van der Waals surface area (Å²) < 4.78 is 32.5. The lowest BCUT2D eigenvalue weighted by Gasteiger charge is -2.29. The molecule has 0 spiro atoms. The summed E-state index contributed by atoms with van der Waals surface area (Å²) in [6.45, 7) is 2.15. The number of fused-ring (bicyclic) bond motifs is 2. The number of halogens is 1. The second-order valence-corrected chi connectivity index (χ2v) is 9.01. The number of hydrogen-bond donors (Lipinski definition) is 0. The van der Waals surface area contributed by atoms with Gasteiger partial charge in [0.05, 0.1) is 33.4 Å². The predicted molar refractivity (Wildman–Crippen MR) is 138 cm³/mol. The van der Waals surface area contributed by atoms with Crippen molar-refractivity contribution < 1.29 is 18.6 Å². The summed E-state index contributed by atoms with van der Waals surface area (Å²) >= 11 is 0. The van der Waals surface area contributed by atoms with Crippen LogP contribution in [0.25, 0.3) is 10.9 Å². The van der Waals surface area contributed by atoms with Crippen molar-refractivity contribution in [3.63, 3.8) is 0 Å². The quantitative estimate of drug-likeness (QED) is 0.375. The Morgan fingerprint density at radius 2 is 1.58 bits per heavy atom. The van der Waals surface area contributed by atoms with Crippen LogP contribution in [0.3, 0.4) is 0 Å². The van der Waals surface area contributed by atoms with Crippen LogP contribution >= 0.6 is 0 Å². The molecule has 36 heavy (non-hydrogen) atoms. The summed E-state index contributed by atoms with van der Waals surface area (Å²) in [5.41, 5.74) is 4.12. The Hall–Kier alpha value is -3.84. The standard InChI is InChI=1S/C29H29FN2O4/c1-34-24-9-8-20-12-23(29(33)32(26(20)15-24)18-21-6-4-5-7-25(21)30)17-31-11-10-19-13-27(35-2)28(36-3)14-22(19)16-31/h4-9,12-15H,10-11,16-18H2,1-3H3. The van der Waals surface area contributed by atoms with Gasteiger partial charge in [0.15, 0.2) is 11.5 Å². The highest BCUT2D eigenvalue weighted by atomic mass is 19.1. The van der Waals surface area contributed by atoms with Crippen LogP contribution < -0.4 is 19.8 Å². The molecule has 0 N–H and O–H groups in total. The number of benzene rings is 3. The normalized spacial score (nSPS) is 13.4. The van der Waals surface area contributed by atoms with E-state index in [1.54, 1.807) is 44.1 Å². The molecule has 0 radical (unpaired) electrons. The molecule has 0 bridgehead atoms. The molecule has 3 aromatic carbocycles. The lowest BCUT2D eigenvalue weighted by Crippen LogP contribution is -2.34. The lowest BCUT2D eigenvalue weighted by atomic mass is 9.98. The van der Waals surface area contributed by atoms with E-state index in [-0.39, 0.29) is 17.9 Å². The zero-order valence-corrected chi connectivity index (χ0v) is 20.7. The van der Waals surface area contributed by atoms with Crippen molar-refractivity contribution in [2.75, 3.05) is 27.9 Å². The van der Waals surface area contributed by atoms with Crippen molar-refractivity contribution in [3.05, 3.63) is 99.1 Å². The fourth-order valence-electron chi connectivity index (χ4n) is 4.92. The van der Waals surface area contributed by atoms with Crippen LogP contribution in [0.4, 0.5) is 4.39 Å². The molecular formula is C29H29FN2O4. The Kier molecular flexibility index (Phi) is 6.65. The second kappa shape index (κ2) is 10.0. The van der Waals surface area contributed by atoms with E-state index in [2.05, 4.69) is 4.90 Å². The van der Waals surface area contributed by atoms with Gasteiger partial charge >= 0.3 is 0 Å².